The molecular weight excluding hydrogens is 598 g/mol. The summed E-state index contributed by atoms with van der Waals surface area (Å²) in [5, 5.41) is 12.5. The van der Waals surface area contributed by atoms with E-state index in [2.05, 4.69) is 15.3 Å². The predicted octanol–water partition coefficient (Wildman–Crippen LogP) is 5.52. The summed E-state index contributed by atoms with van der Waals surface area (Å²) >= 11 is 17.1. The number of fused-ring (bicyclic) bond motifs is 1. The van der Waals surface area contributed by atoms with Gasteiger partial charge in [0.25, 0.3) is 5.91 Å². The highest BCUT2D eigenvalue weighted by Crippen LogP contribution is 2.32. The van der Waals surface area contributed by atoms with Gasteiger partial charge in [-0.15, -0.1) is 23.2 Å². The highest BCUT2D eigenvalue weighted by molar-refractivity contribution is 6.31. The molecule has 0 saturated carbocycles. The van der Waals surface area contributed by atoms with Crippen molar-refractivity contribution in [2.75, 3.05) is 47.9 Å². The van der Waals surface area contributed by atoms with E-state index in [1.54, 1.807) is 36.4 Å². The van der Waals surface area contributed by atoms with E-state index >= 15 is 0 Å². The number of ether oxygens (including phenoxy) is 1. The van der Waals surface area contributed by atoms with Crippen LogP contribution in [0.3, 0.4) is 0 Å². The Bertz CT molecular complexity index is 1550. The van der Waals surface area contributed by atoms with Gasteiger partial charge in [-0.05, 0) is 36.4 Å². The van der Waals surface area contributed by atoms with Gasteiger partial charge in [0.2, 0.25) is 5.82 Å². The summed E-state index contributed by atoms with van der Waals surface area (Å²) in [7, 11) is 1.47. The number of nitrogens with one attached hydrogen (secondary N) is 1. The molecule has 0 bridgehead atoms. The largest absolute Gasteiger partial charge is 0.495 e. The molecule has 0 saturated heterocycles. The van der Waals surface area contributed by atoms with Gasteiger partial charge in [-0.1, -0.05) is 23.7 Å². The van der Waals surface area contributed by atoms with E-state index in [0.717, 1.165) is 0 Å². The molecule has 0 radical (unpaired) electrons. The van der Waals surface area contributed by atoms with Gasteiger partial charge in [0.05, 0.1) is 34.6 Å². The Hall–Kier alpha value is -4.06. The fraction of sp³-hybridized carbons (Fsp3) is 0.185. The molecule has 4 rings (SSSR count). The SMILES string of the molecule is COc1cc2nc(C(N)=O)nc(Nc3ccc(F)c(Cl)c3)c2cc1N.O=C(O)c1ccccc1N(CCCl)CCCl. The number of carbonyl (C=O) groups is 2. The average molecular weight is 624 g/mol. The van der Waals surface area contributed by atoms with Crippen LogP contribution in [0, 0.1) is 5.82 Å². The third-order valence-electron chi connectivity index (χ3n) is 5.63. The van der Waals surface area contributed by atoms with Gasteiger partial charge < -0.3 is 31.5 Å². The van der Waals surface area contributed by atoms with Gasteiger partial charge in [0.15, 0.2) is 0 Å². The summed E-state index contributed by atoms with van der Waals surface area (Å²) in [6.07, 6.45) is 0. The molecule has 41 heavy (non-hydrogen) atoms. The van der Waals surface area contributed by atoms with Crippen molar-refractivity contribution in [3.05, 3.63) is 76.8 Å². The number of para-hydroxylation sites is 1. The van der Waals surface area contributed by atoms with E-state index in [9.17, 15) is 14.0 Å². The maximum absolute atomic E-state index is 13.3. The molecule has 6 N–H and O–H groups in total. The molecule has 1 heterocycles. The number of nitrogens with two attached hydrogens (primary N) is 2. The molecule has 0 spiro atoms. The van der Waals surface area contributed by atoms with Crippen LogP contribution >= 0.6 is 34.8 Å². The van der Waals surface area contributed by atoms with Gasteiger partial charge >= 0.3 is 5.97 Å². The zero-order valence-corrected chi connectivity index (χ0v) is 24.0. The first-order valence-electron chi connectivity index (χ1n) is 12.0. The first-order chi connectivity index (χ1) is 19.6. The molecule has 0 aliphatic rings. The molecule has 0 aliphatic heterocycles. The minimum Gasteiger partial charge on any atom is -0.495 e. The third-order valence-corrected chi connectivity index (χ3v) is 6.26. The maximum Gasteiger partial charge on any atom is 0.337 e. The first kappa shape index (κ1) is 31.5. The van der Waals surface area contributed by atoms with Gasteiger partial charge in [0, 0.05) is 42.0 Å². The molecule has 0 fully saturated rings. The van der Waals surface area contributed by atoms with Gasteiger partial charge in [-0.2, -0.15) is 0 Å². The van der Waals surface area contributed by atoms with Crippen LogP contribution in [-0.2, 0) is 0 Å². The van der Waals surface area contributed by atoms with E-state index in [1.807, 2.05) is 4.90 Å². The Morgan fingerprint density at radius 2 is 1.76 bits per heavy atom. The number of hydrogen-bond acceptors (Lipinski definition) is 8. The van der Waals surface area contributed by atoms with E-state index in [0.29, 0.717) is 58.6 Å². The second-order valence-electron chi connectivity index (χ2n) is 8.31. The summed E-state index contributed by atoms with van der Waals surface area (Å²) in [4.78, 5) is 32.7. The van der Waals surface area contributed by atoms with Gasteiger partial charge in [-0.3, -0.25) is 4.79 Å². The number of alkyl halides is 2. The molecule has 4 aromatic rings. The van der Waals surface area contributed by atoms with Crippen LogP contribution in [0.25, 0.3) is 10.9 Å². The van der Waals surface area contributed by atoms with Crippen molar-refractivity contribution in [2.45, 2.75) is 0 Å². The minimum absolute atomic E-state index is 0.0559. The summed E-state index contributed by atoms with van der Waals surface area (Å²) in [5.74, 6) is -0.923. The number of amides is 1. The molecule has 14 heteroatoms. The average Bonchev–Trinajstić information content (AvgIpc) is 2.95. The molecule has 0 unspecified atom stereocenters. The lowest BCUT2D eigenvalue weighted by Gasteiger charge is -2.24. The van der Waals surface area contributed by atoms with Crippen LogP contribution < -0.4 is 26.4 Å². The fourth-order valence-corrected chi connectivity index (χ4v) is 4.34. The molecule has 0 atom stereocenters. The number of hydrogen-bond donors (Lipinski definition) is 4. The Morgan fingerprint density at radius 1 is 1.07 bits per heavy atom. The Labute approximate surface area is 250 Å². The summed E-state index contributed by atoms with van der Waals surface area (Å²) in [5.41, 5.74) is 13.4. The van der Waals surface area contributed by atoms with Crippen molar-refractivity contribution in [2.24, 2.45) is 5.73 Å². The minimum atomic E-state index is -0.940. The summed E-state index contributed by atoms with van der Waals surface area (Å²) < 4.78 is 18.5. The predicted molar refractivity (Wildman–Crippen MR) is 161 cm³/mol. The molecule has 10 nitrogen and oxygen atoms in total. The highest BCUT2D eigenvalue weighted by atomic mass is 35.5. The van der Waals surface area contributed by atoms with Crippen LogP contribution in [-0.4, -0.2) is 58.9 Å². The van der Waals surface area contributed by atoms with Crippen molar-refractivity contribution in [3.63, 3.8) is 0 Å². The van der Waals surface area contributed by atoms with E-state index in [1.165, 1.54) is 25.3 Å². The van der Waals surface area contributed by atoms with E-state index in [-0.39, 0.29) is 22.2 Å². The first-order valence-corrected chi connectivity index (χ1v) is 13.4. The highest BCUT2D eigenvalue weighted by Gasteiger charge is 2.16. The number of halogens is 4. The number of nitrogens with zero attached hydrogens (tertiary/aromatic N) is 3. The third kappa shape index (κ3) is 8.00. The number of anilines is 4. The van der Waals surface area contributed by atoms with Crippen molar-refractivity contribution in [3.8, 4) is 5.75 Å². The maximum atomic E-state index is 13.3. The number of carboxylic acids is 1. The number of rotatable bonds is 10. The summed E-state index contributed by atoms with van der Waals surface area (Å²) in [6.45, 7) is 1.16. The normalized spacial score (nSPS) is 10.5. The standard InChI is InChI=1S/C16H13ClFN5O2.C11H13Cl2NO2/c1-25-13-6-12-8(5-11(13)19)15(23-16(22-12)14(20)24)21-7-2-3-10(18)9(17)4-7;12-5-7-14(8-6-13)10-4-2-1-3-9(10)11(15)16/h2-6H,19H2,1H3,(H2,20,24)(H,21,22,23);1-4H,5-8H2,(H,15,16). The molecule has 0 aliphatic carbocycles. The van der Waals surface area contributed by atoms with E-state index in [4.69, 9.17) is 56.1 Å². The quantitative estimate of drug-likeness (QED) is 0.132. The fourth-order valence-electron chi connectivity index (χ4n) is 3.75. The number of carboxylic acid groups (broad SMARTS) is 1. The Morgan fingerprint density at radius 3 is 2.34 bits per heavy atom. The van der Waals surface area contributed by atoms with Crippen molar-refractivity contribution < 1.29 is 23.8 Å². The molecule has 3 aromatic carbocycles. The topological polar surface area (TPSA) is 157 Å². The Balaban J connectivity index is 0.000000250. The van der Waals surface area contributed by atoms with Gasteiger partial charge in [0.1, 0.15) is 17.4 Å². The van der Waals surface area contributed by atoms with Crippen LogP contribution in [0.4, 0.5) is 27.3 Å². The van der Waals surface area contributed by atoms with Crippen molar-refractivity contribution in [1.29, 1.82) is 0 Å². The van der Waals surface area contributed by atoms with Crippen LogP contribution in [0.5, 0.6) is 5.75 Å². The molecule has 1 amide bonds. The molecule has 1 aromatic heterocycles. The smallest absolute Gasteiger partial charge is 0.337 e. The Kier molecular flexibility index (Phi) is 11.2. The number of aromatic nitrogens is 2. The number of nitrogen functional groups attached to an aromatic ring is 1. The second-order valence-corrected chi connectivity index (χ2v) is 9.48. The lowest BCUT2D eigenvalue weighted by Crippen LogP contribution is -2.29. The van der Waals surface area contributed by atoms with Crippen LogP contribution in [0.1, 0.15) is 21.0 Å². The van der Waals surface area contributed by atoms with Crippen LogP contribution in [0.15, 0.2) is 54.6 Å². The number of primary amides is 1. The second kappa shape index (κ2) is 14.5. The van der Waals surface area contributed by atoms with E-state index < -0.39 is 17.7 Å². The monoisotopic (exact) mass is 622 g/mol. The number of benzene rings is 3. The number of aromatic carboxylic acids is 1. The lowest BCUT2D eigenvalue weighted by atomic mass is 10.1. The number of carbonyl (C=O) groups excluding carboxylic acids is 1. The molecule has 216 valence electrons. The van der Waals surface area contributed by atoms with Crippen LogP contribution in [0.2, 0.25) is 5.02 Å². The molecular formula is C27H26Cl3FN6O4. The lowest BCUT2D eigenvalue weighted by molar-refractivity contribution is 0.0697. The van der Waals surface area contributed by atoms with Crippen molar-refractivity contribution >= 4 is 80.5 Å². The zero-order valence-electron chi connectivity index (χ0n) is 21.7. The number of methoxy groups -OCH3 is 1. The summed E-state index contributed by atoms with van der Waals surface area (Å²) in [6, 6.07) is 14.1. The van der Waals surface area contributed by atoms with Crippen molar-refractivity contribution in [1.82, 2.24) is 9.97 Å². The van der Waals surface area contributed by atoms with Gasteiger partial charge in [-0.25, -0.2) is 19.2 Å². The zero-order chi connectivity index (χ0) is 30.1.